The Balaban J connectivity index is 1.35. The van der Waals surface area contributed by atoms with Gasteiger partial charge in [0.25, 0.3) is 5.91 Å². The van der Waals surface area contributed by atoms with Crippen LogP contribution in [0.3, 0.4) is 0 Å². The molecule has 0 radical (unpaired) electrons. The van der Waals surface area contributed by atoms with Gasteiger partial charge in [0, 0.05) is 30.4 Å². The number of carbonyl (C=O) groups is 2. The lowest BCUT2D eigenvalue weighted by molar-refractivity contribution is -0.113. The van der Waals surface area contributed by atoms with Gasteiger partial charge in [-0.05, 0) is 67.4 Å². The summed E-state index contributed by atoms with van der Waals surface area (Å²) in [5.74, 6) is 0.814. The molecule has 0 spiro atoms. The van der Waals surface area contributed by atoms with E-state index in [1.807, 2.05) is 32.0 Å². The third kappa shape index (κ3) is 7.93. The van der Waals surface area contributed by atoms with Crippen molar-refractivity contribution >= 4 is 39.3 Å². The number of amides is 2. The standard InChI is InChI=1S/C32H36N6O7S2/c1-21-5-6-22(2)26(17-21)34-30(39)20-46-32-36-35-29(38(32)27-18-24(43-3)9-12-28(27)44-4)19-33-31(40)23-7-10-25(11-8-23)47(41,42)37-13-15-45-16-14-37/h5-12,17-18H,13-16,19-20H2,1-4H3,(H,33,40)(H,34,39). The fourth-order valence-corrected chi connectivity index (χ4v) is 7.06. The van der Waals surface area contributed by atoms with Gasteiger partial charge in [0.15, 0.2) is 11.0 Å². The van der Waals surface area contributed by atoms with Gasteiger partial charge in [0.2, 0.25) is 15.9 Å². The molecular formula is C32H36N6O7S2. The van der Waals surface area contributed by atoms with Gasteiger partial charge in [-0.25, -0.2) is 8.42 Å². The first-order chi connectivity index (χ1) is 22.6. The molecule has 5 rings (SSSR count). The largest absolute Gasteiger partial charge is 0.497 e. The number of methoxy groups -OCH3 is 2. The maximum Gasteiger partial charge on any atom is 0.251 e. The number of ether oxygens (including phenoxy) is 3. The number of benzene rings is 3. The lowest BCUT2D eigenvalue weighted by Crippen LogP contribution is -2.40. The van der Waals surface area contributed by atoms with E-state index in [1.54, 1.807) is 29.9 Å². The van der Waals surface area contributed by atoms with E-state index in [2.05, 4.69) is 20.8 Å². The summed E-state index contributed by atoms with van der Waals surface area (Å²) < 4.78 is 45.3. The van der Waals surface area contributed by atoms with E-state index in [0.29, 0.717) is 41.4 Å². The highest BCUT2D eigenvalue weighted by Crippen LogP contribution is 2.32. The summed E-state index contributed by atoms with van der Waals surface area (Å²) in [6.45, 7) is 5.09. The van der Waals surface area contributed by atoms with Gasteiger partial charge < -0.3 is 24.8 Å². The number of aryl methyl sites for hydroxylation is 2. The van der Waals surface area contributed by atoms with E-state index in [4.69, 9.17) is 14.2 Å². The number of hydrogen-bond donors (Lipinski definition) is 2. The zero-order chi connectivity index (χ0) is 33.6. The monoisotopic (exact) mass is 680 g/mol. The predicted octanol–water partition coefficient (Wildman–Crippen LogP) is 3.58. The van der Waals surface area contributed by atoms with Crippen LogP contribution in [0.5, 0.6) is 11.5 Å². The zero-order valence-corrected chi connectivity index (χ0v) is 28.1. The van der Waals surface area contributed by atoms with Crippen molar-refractivity contribution in [2.75, 3.05) is 51.6 Å². The van der Waals surface area contributed by atoms with E-state index < -0.39 is 15.9 Å². The number of sulfonamides is 1. The first kappa shape index (κ1) is 33.9. The number of nitrogens with one attached hydrogen (secondary N) is 2. The first-order valence-corrected chi connectivity index (χ1v) is 17.2. The molecule has 0 bridgehead atoms. The second-order valence-electron chi connectivity index (χ2n) is 10.7. The van der Waals surface area contributed by atoms with E-state index in [0.717, 1.165) is 16.8 Å². The van der Waals surface area contributed by atoms with Crippen molar-refractivity contribution in [3.63, 3.8) is 0 Å². The van der Waals surface area contributed by atoms with Gasteiger partial charge in [-0.1, -0.05) is 23.9 Å². The Morgan fingerprint density at radius 1 is 0.957 bits per heavy atom. The number of carbonyl (C=O) groups excluding carboxylic acids is 2. The summed E-state index contributed by atoms with van der Waals surface area (Å²) in [6, 6.07) is 16.9. The minimum atomic E-state index is -3.69. The molecule has 2 N–H and O–H groups in total. The van der Waals surface area contributed by atoms with Crippen LogP contribution in [0.25, 0.3) is 5.69 Å². The Hall–Kier alpha value is -4.44. The number of nitrogens with zero attached hydrogens (tertiary/aromatic N) is 4. The van der Waals surface area contributed by atoms with Crippen LogP contribution in [-0.4, -0.2) is 85.6 Å². The molecule has 0 atom stereocenters. The van der Waals surface area contributed by atoms with Crippen molar-refractivity contribution < 1.29 is 32.2 Å². The molecule has 2 heterocycles. The Labute approximate surface area is 277 Å². The van der Waals surface area contributed by atoms with Crippen LogP contribution < -0.4 is 20.1 Å². The fraction of sp³-hybridized carbons (Fsp3) is 0.312. The summed E-state index contributed by atoms with van der Waals surface area (Å²) in [5, 5.41) is 14.9. The van der Waals surface area contributed by atoms with Gasteiger partial charge in [0.05, 0.1) is 50.3 Å². The van der Waals surface area contributed by atoms with Crippen LogP contribution in [0.15, 0.2) is 70.7 Å². The molecule has 0 saturated carbocycles. The molecule has 1 aromatic heterocycles. The molecular weight excluding hydrogens is 645 g/mol. The summed E-state index contributed by atoms with van der Waals surface area (Å²) in [5.41, 5.74) is 3.54. The predicted molar refractivity (Wildman–Crippen MR) is 177 cm³/mol. The molecule has 1 saturated heterocycles. The van der Waals surface area contributed by atoms with Crippen molar-refractivity contribution in [1.82, 2.24) is 24.4 Å². The zero-order valence-electron chi connectivity index (χ0n) is 26.5. The third-order valence-electron chi connectivity index (χ3n) is 7.46. The number of rotatable bonds is 12. The van der Waals surface area contributed by atoms with Crippen LogP contribution >= 0.6 is 11.8 Å². The van der Waals surface area contributed by atoms with Gasteiger partial charge in [-0.15, -0.1) is 10.2 Å². The summed E-state index contributed by atoms with van der Waals surface area (Å²) >= 11 is 1.18. The molecule has 0 unspecified atom stereocenters. The lowest BCUT2D eigenvalue weighted by Gasteiger charge is -2.26. The molecule has 2 amide bonds. The van der Waals surface area contributed by atoms with Crippen molar-refractivity contribution in [1.29, 1.82) is 0 Å². The Morgan fingerprint density at radius 2 is 1.70 bits per heavy atom. The van der Waals surface area contributed by atoms with Crippen molar-refractivity contribution in [3.8, 4) is 17.2 Å². The molecule has 47 heavy (non-hydrogen) atoms. The van der Waals surface area contributed by atoms with Crippen molar-refractivity contribution in [3.05, 3.63) is 83.2 Å². The maximum absolute atomic E-state index is 13.2. The lowest BCUT2D eigenvalue weighted by atomic mass is 10.1. The van der Waals surface area contributed by atoms with Crippen molar-refractivity contribution in [2.24, 2.45) is 0 Å². The second-order valence-corrected chi connectivity index (χ2v) is 13.5. The van der Waals surface area contributed by atoms with Gasteiger partial charge in [-0.3, -0.25) is 14.2 Å². The van der Waals surface area contributed by atoms with Crippen LogP contribution in [-0.2, 0) is 26.1 Å². The Morgan fingerprint density at radius 3 is 2.40 bits per heavy atom. The topological polar surface area (TPSA) is 154 Å². The maximum atomic E-state index is 13.2. The SMILES string of the molecule is COc1ccc(OC)c(-n2c(CNC(=O)c3ccc(S(=O)(=O)N4CCOCC4)cc3)nnc2SCC(=O)Nc2cc(C)ccc2C)c1. The fourth-order valence-electron chi connectivity index (χ4n) is 4.88. The average Bonchev–Trinajstić information content (AvgIpc) is 3.50. The summed E-state index contributed by atoms with van der Waals surface area (Å²) in [4.78, 5) is 26.2. The Kier molecular flexibility index (Phi) is 10.8. The van der Waals surface area contributed by atoms with Crippen LogP contribution in [0.1, 0.15) is 27.3 Å². The smallest absolute Gasteiger partial charge is 0.251 e. The molecule has 1 aliphatic rings. The average molecular weight is 681 g/mol. The van der Waals surface area contributed by atoms with Crippen LogP contribution in [0.2, 0.25) is 0 Å². The minimum Gasteiger partial charge on any atom is -0.497 e. The van der Waals surface area contributed by atoms with E-state index >= 15 is 0 Å². The highest BCUT2D eigenvalue weighted by Gasteiger charge is 2.26. The first-order valence-electron chi connectivity index (χ1n) is 14.7. The number of hydrogen-bond acceptors (Lipinski definition) is 10. The molecule has 1 aliphatic heterocycles. The van der Waals surface area contributed by atoms with E-state index in [9.17, 15) is 18.0 Å². The number of aromatic nitrogens is 3. The number of thioether (sulfide) groups is 1. The molecule has 248 valence electrons. The number of anilines is 1. The van der Waals surface area contributed by atoms with Gasteiger partial charge >= 0.3 is 0 Å². The molecule has 0 aliphatic carbocycles. The summed E-state index contributed by atoms with van der Waals surface area (Å²) in [6.07, 6.45) is 0. The highest BCUT2D eigenvalue weighted by atomic mass is 32.2. The molecule has 3 aromatic carbocycles. The van der Waals surface area contributed by atoms with Gasteiger partial charge in [-0.2, -0.15) is 4.31 Å². The van der Waals surface area contributed by atoms with E-state index in [-0.39, 0.29) is 41.8 Å². The normalized spacial score (nSPS) is 13.6. The van der Waals surface area contributed by atoms with E-state index in [1.165, 1.54) is 47.4 Å². The Bertz CT molecular complexity index is 1860. The minimum absolute atomic E-state index is 0.0325. The molecule has 15 heteroatoms. The van der Waals surface area contributed by atoms with Gasteiger partial charge in [0.1, 0.15) is 11.5 Å². The molecule has 4 aromatic rings. The van der Waals surface area contributed by atoms with Crippen LogP contribution in [0.4, 0.5) is 5.69 Å². The highest BCUT2D eigenvalue weighted by molar-refractivity contribution is 7.99. The van der Waals surface area contributed by atoms with Crippen molar-refractivity contribution in [2.45, 2.75) is 30.4 Å². The number of morpholine rings is 1. The summed E-state index contributed by atoms with van der Waals surface area (Å²) in [7, 11) is -0.615. The van der Waals surface area contributed by atoms with Crippen LogP contribution in [0, 0.1) is 13.8 Å². The third-order valence-corrected chi connectivity index (χ3v) is 10.3. The molecule has 1 fully saturated rings. The second kappa shape index (κ2) is 15.0. The quantitative estimate of drug-likeness (QED) is 0.212. The molecule has 13 nitrogen and oxygen atoms in total.